The van der Waals surface area contributed by atoms with Gasteiger partial charge in [-0.3, -0.25) is 0 Å². The van der Waals surface area contributed by atoms with Crippen molar-refractivity contribution in [1.82, 2.24) is 28.3 Å². The molecule has 0 atom stereocenters. The van der Waals surface area contributed by atoms with E-state index in [1.54, 1.807) is 0 Å². The Hall–Kier alpha value is -1.51. The van der Waals surface area contributed by atoms with Gasteiger partial charge in [0.1, 0.15) is 25.3 Å². The zero-order valence-corrected chi connectivity index (χ0v) is 6.97. The van der Waals surface area contributed by atoms with Gasteiger partial charge in [-0.05, 0) is 0 Å². The molecule has 0 aromatic carbocycles. The highest BCUT2D eigenvalue weighted by atomic mass is 32.3. The van der Waals surface area contributed by atoms with Gasteiger partial charge in [0.15, 0.2) is 0 Å². The lowest BCUT2D eigenvalue weighted by Gasteiger charge is -2.18. The summed E-state index contributed by atoms with van der Waals surface area (Å²) in [5.41, 5.74) is 0. The van der Waals surface area contributed by atoms with Crippen LogP contribution in [0.5, 0.6) is 0 Å². The molecule has 9 heteroatoms. The molecule has 2 rings (SSSR count). The second kappa shape index (κ2) is 2.76. The van der Waals surface area contributed by atoms with Gasteiger partial charge < -0.3 is 0 Å². The maximum Gasteiger partial charge on any atom is 0.271 e. The minimum Gasteiger partial charge on any atom is -0.222 e. The zero-order chi connectivity index (χ0) is 9.31. The first-order valence-corrected chi connectivity index (χ1v) is 4.49. The molecular formula is C4H4F2N6S. The maximum atomic E-state index is 13.4. The Bertz CT molecular complexity index is 333. The van der Waals surface area contributed by atoms with Crippen molar-refractivity contribution in [1.29, 1.82) is 0 Å². The molecule has 0 bridgehead atoms. The molecule has 2 aromatic rings. The van der Waals surface area contributed by atoms with Crippen LogP contribution >= 0.6 is 11.2 Å². The third kappa shape index (κ3) is 1.26. The van der Waals surface area contributed by atoms with Gasteiger partial charge in [-0.25, -0.2) is 9.97 Å². The number of hydrogen-bond acceptors (Lipinski definition) is 4. The van der Waals surface area contributed by atoms with E-state index in [9.17, 15) is 7.77 Å². The number of hydrogen-bond donors (Lipinski definition) is 0. The lowest BCUT2D eigenvalue weighted by Crippen LogP contribution is -2.10. The number of halogens is 2. The molecule has 0 saturated heterocycles. The van der Waals surface area contributed by atoms with Crippen LogP contribution in [0.2, 0.25) is 0 Å². The van der Waals surface area contributed by atoms with Gasteiger partial charge in [0, 0.05) is 0 Å². The SMILES string of the molecule is FS(F)(n1cncn1)n1cncn1. The average molecular weight is 206 g/mol. The largest absolute Gasteiger partial charge is 0.271 e. The van der Waals surface area contributed by atoms with Gasteiger partial charge in [0.25, 0.3) is 11.2 Å². The number of rotatable bonds is 2. The summed E-state index contributed by atoms with van der Waals surface area (Å²) in [5.74, 6) is 0. The molecule has 2 aromatic heterocycles. The summed E-state index contributed by atoms with van der Waals surface area (Å²) in [6.07, 6.45) is 3.96. The molecular weight excluding hydrogens is 202 g/mol. The van der Waals surface area contributed by atoms with E-state index in [0.29, 0.717) is 8.17 Å². The van der Waals surface area contributed by atoms with Crippen molar-refractivity contribution >= 4 is 11.2 Å². The molecule has 0 spiro atoms. The smallest absolute Gasteiger partial charge is 0.222 e. The van der Waals surface area contributed by atoms with E-state index in [2.05, 4.69) is 20.2 Å². The fourth-order valence-electron chi connectivity index (χ4n) is 0.707. The summed E-state index contributed by atoms with van der Waals surface area (Å²) in [4.78, 5) is 6.86. The Kier molecular flexibility index (Phi) is 1.72. The highest BCUT2D eigenvalue weighted by molar-refractivity contribution is 8.22. The molecule has 0 amide bonds. The minimum atomic E-state index is -4.27. The highest BCUT2D eigenvalue weighted by Crippen LogP contribution is 2.51. The van der Waals surface area contributed by atoms with E-state index in [1.165, 1.54) is 0 Å². The molecule has 0 aliphatic carbocycles. The van der Waals surface area contributed by atoms with Crippen molar-refractivity contribution in [3.05, 3.63) is 25.3 Å². The average Bonchev–Trinajstić information content (AvgIpc) is 2.78. The summed E-state index contributed by atoms with van der Waals surface area (Å²) >= 11 is -4.27. The molecule has 0 fully saturated rings. The van der Waals surface area contributed by atoms with Gasteiger partial charge in [0.2, 0.25) is 0 Å². The van der Waals surface area contributed by atoms with E-state index < -0.39 is 11.2 Å². The van der Waals surface area contributed by atoms with E-state index in [1.807, 2.05) is 0 Å². The number of aromatic nitrogens is 6. The predicted molar refractivity (Wildman–Crippen MR) is 40.6 cm³/mol. The van der Waals surface area contributed by atoms with E-state index in [4.69, 9.17) is 0 Å². The van der Waals surface area contributed by atoms with E-state index in [0.717, 1.165) is 25.3 Å². The van der Waals surface area contributed by atoms with Crippen molar-refractivity contribution in [3.8, 4) is 0 Å². The van der Waals surface area contributed by atoms with Crippen LogP contribution in [0.25, 0.3) is 0 Å². The van der Waals surface area contributed by atoms with E-state index >= 15 is 0 Å². The monoisotopic (exact) mass is 206 g/mol. The van der Waals surface area contributed by atoms with Crippen molar-refractivity contribution < 1.29 is 7.77 Å². The molecule has 0 aliphatic rings. The van der Waals surface area contributed by atoms with Gasteiger partial charge in [-0.1, -0.05) is 0 Å². The van der Waals surface area contributed by atoms with Crippen molar-refractivity contribution in [2.75, 3.05) is 0 Å². The van der Waals surface area contributed by atoms with Crippen LogP contribution in [0, 0.1) is 0 Å². The van der Waals surface area contributed by atoms with Crippen LogP contribution in [0.4, 0.5) is 7.77 Å². The third-order valence-corrected chi connectivity index (χ3v) is 2.52. The quantitative estimate of drug-likeness (QED) is 0.724. The normalized spacial score (nSPS) is 13.1. The first kappa shape index (κ1) is 8.10. The molecule has 0 unspecified atom stereocenters. The topological polar surface area (TPSA) is 61.4 Å². The Morgan fingerprint density at radius 1 is 0.923 bits per heavy atom. The fourth-order valence-corrected chi connectivity index (χ4v) is 1.53. The minimum absolute atomic E-state index is 0.474. The summed E-state index contributed by atoms with van der Waals surface area (Å²) < 4.78 is 27.7. The van der Waals surface area contributed by atoms with E-state index in [-0.39, 0.29) is 0 Å². The first-order valence-electron chi connectivity index (χ1n) is 3.14. The van der Waals surface area contributed by atoms with Gasteiger partial charge >= 0.3 is 0 Å². The van der Waals surface area contributed by atoms with Crippen LogP contribution in [0.3, 0.4) is 0 Å². The van der Waals surface area contributed by atoms with Gasteiger partial charge in [-0.15, -0.1) is 26.1 Å². The predicted octanol–water partition coefficient (Wildman–Crippen LogP) is 0.670. The standard InChI is InChI=1S/C4H4F2N6S/c5-13(6,11-3-7-1-9-11)12-4-8-2-10-12/h1-4H. The summed E-state index contributed by atoms with van der Waals surface area (Å²) in [5, 5.41) is 6.70. The second-order valence-electron chi connectivity index (χ2n) is 2.01. The summed E-state index contributed by atoms with van der Waals surface area (Å²) in [7, 11) is 0. The van der Waals surface area contributed by atoms with Gasteiger partial charge in [0.05, 0.1) is 0 Å². The number of nitrogens with zero attached hydrogens (tertiary/aromatic N) is 6. The Morgan fingerprint density at radius 3 is 1.69 bits per heavy atom. The highest BCUT2D eigenvalue weighted by Gasteiger charge is 2.29. The molecule has 0 radical (unpaired) electrons. The third-order valence-electron chi connectivity index (χ3n) is 1.25. The Labute approximate surface area is 73.4 Å². The molecule has 2 heterocycles. The lowest BCUT2D eigenvalue weighted by atomic mass is 11.3. The summed E-state index contributed by atoms with van der Waals surface area (Å²) in [6.45, 7) is 0. The molecule has 0 aliphatic heterocycles. The molecule has 6 nitrogen and oxygen atoms in total. The molecule has 0 N–H and O–H groups in total. The Balaban J connectivity index is 2.42. The van der Waals surface area contributed by atoms with Gasteiger partial charge in [-0.2, -0.15) is 0 Å². The van der Waals surface area contributed by atoms with Crippen LogP contribution in [0.1, 0.15) is 0 Å². The molecule has 13 heavy (non-hydrogen) atoms. The lowest BCUT2D eigenvalue weighted by molar-refractivity contribution is 0.653. The van der Waals surface area contributed by atoms with Crippen molar-refractivity contribution in [3.63, 3.8) is 0 Å². The Morgan fingerprint density at radius 2 is 1.38 bits per heavy atom. The van der Waals surface area contributed by atoms with Crippen LogP contribution < -0.4 is 0 Å². The summed E-state index contributed by atoms with van der Waals surface area (Å²) in [6, 6.07) is 0. The maximum absolute atomic E-state index is 13.4. The first-order chi connectivity index (χ1) is 6.21. The van der Waals surface area contributed by atoms with Crippen LogP contribution in [-0.4, -0.2) is 28.3 Å². The van der Waals surface area contributed by atoms with Crippen LogP contribution in [0.15, 0.2) is 25.3 Å². The van der Waals surface area contributed by atoms with Crippen LogP contribution in [-0.2, 0) is 0 Å². The zero-order valence-electron chi connectivity index (χ0n) is 6.16. The molecule has 70 valence electrons. The second-order valence-corrected chi connectivity index (χ2v) is 3.59. The fraction of sp³-hybridized carbons (Fsp3) is 0. The van der Waals surface area contributed by atoms with Crippen molar-refractivity contribution in [2.45, 2.75) is 0 Å². The molecule has 0 saturated carbocycles. The van der Waals surface area contributed by atoms with Crippen molar-refractivity contribution in [2.24, 2.45) is 0 Å².